The van der Waals surface area contributed by atoms with Gasteiger partial charge >= 0.3 is 0 Å². The predicted molar refractivity (Wildman–Crippen MR) is 115 cm³/mol. The van der Waals surface area contributed by atoms with Crippen molar-refractivity contribution in [3.05, 3.63) is 66.1 Å². The molecule has 0 atom stereocenters. The monoisotopic (exact) mass is 422 g/mol. The molecule has 3 amide bonds. The number of H-pyrrole nitrogens is 1. The molecule has 7 nitrogen and oxygen atoms in total. The van der Waals surface area contributed by atoms with E-state index in [1.807, 2.05) is 24.3 Å². The second-order valence-corrected chi connectivity index (χ2v) is 7.45. The topological polar surface area (TPSA) is 85.5 Å². The molecule has 2 N–H and O–H groups in total. The van der Waals surface area contributed by atoms with Gasteiger partial charge in [-0.1, -0.05) is 30.3 Å². The summed E-state index contributed by atoms with van der Waals surface area (Å²) in [5.41, 5.74) is 1.64. The zero-order valence-electron chi connectivity index (χ0n) is 16.9. The molecule has 31 heavy (non-hydrogen) atoms. The number of amides is 3. The molecule has 2 aromatic carbocycles. The van der Waals surface area contributed by atoms with E-state index in [0.717, 1.165) is 10.9 Å². The van der Waals surface area contributed by atoms with Crippen molar-refractivity contribution in [3.63, 3.8) is 0 Å². The molecule has 1 aromatic heterocycles. The summed E-state index contributed by atoms with van der Waals surface area (Å²) in [7, 11) is 0. The molecule has 1 saturated heterocycles. The van der Waals surface area contributed by atoms with Crippen LogP contribution in [-0.2, 0) is 9.59 Å². The summed E-state index contributed by atoms with van der Waals surface area (Å²) in [6, 6.07) is 13.5. The lowest BCUT2D eigenvalue weighted by atomic mass is 10.1. The first kappa shape index (κ1) is 20.6. The maximum Gasteiger partial charge on any atom is 0.256 e. The fourth-order valence-corrected chi connectivity index (χ4v) is 3.73. The zero-order valence-corrected chi connectivity index (χ0v) is 16.9. The maximum atomic E-state index is 13.6. The van der Waals surface area contributed by atoms with Crippen molar-refractivity contribution in [2.75, 3.05) is 31.5 Å². The number of piperazine rings is 1. The van der Waals surface area contributed by atoms with E-state index in [0.29, 0.717) is 31.7 Å². The number of benzene rings is 2. The first-order valence-corrected chi connectivity index (χ1v) is 10.2. The fourth-order valence-electron chi connectivity index (χ4n) is 3.73. The van der Waals surface area contributed by atoms with Gasteiger partial charge < -0.3 is 20.1 Å². The highest BCUT2D eigenvalue weighted by molar-refractivity contribution is 6.06. The number of hydrogen-bond acceptors (Lipinski definition) is 3. The third kappa shape index (κ3) is 4.58. The van der Waals surface area contributed by atoms with Gasteiger partial charge in [-0.3, -0.25) is 14.4 Å². The van der Waals surface area contributed by atoms with Crippen LogP contribution in [-0.4, -0.2) is 58.7 Å². The summed E-state index contributed by atoms with van der Waals surface area (Å²) in [6.45, 7) is 1.71. The van der Waals surface area contributed by atoms with Crippen molar-refractivity contribution in [2.45, 2.75) is 12.8 Å². The minimum absolute atomic E-state index is 0.0261. The van der Waals surface area contributed by atoms with Crippen LogP contribution < -0.4 is 5.32 Å². The number of fused-ring (bicyclic) bond motifs is 1. The van der Waals surface area contributed by atoms with Gasteiger partial charge in [0.15, 0.2) is 0 Å². The third-order valence-electron chi connectivity index (χ3n) is 5.45. The molecule has 3 aromatic rings. The van der Waals surface area contributed by atoms with Crippen LogP contribution in [0.1, 0.15) is 23.2 Å². The molecule has 0 aliphatic carbocycles. The second-order valence-electron chi connectivity index (χ2n) is 7.45. The first-order valence-electron chi connectivity index (χ1n) is 10.2. The summed E-state index contributed by atoms with van der Waals surface area (Å²) >= 11 is 0. The van der Waals surface area contributed by atoms with Gasteiger partial charge in [-0.05, 0) is 18.2 Å². The molecule has 0 unspecified atom stereocenters. The van der Waals surface area contributed by atoms with Crippen LogP contribution in [0.4, 0.5) is 10.1 Å². The molecule has 1 aliphatic rings. The molecular weight excluding hydrogens is 399 g/mol. The van der Waals surface area contributed by atoms with Crippen molar-refractivity contribution in [1.82, 2.24) is 14.8 Å². The normalized spacial score (nSPS) is 14.0. The first-order chi connectivity index (χ1) is 15.0. The maximum absolute atomic E-state index is 13.6. The average molecular weight is 422 g/mol. The summed E-state index contributed by atoms with van der Waals surface area (Å²) < 4.78 is 13.6. The van der Waals surface area contributed by atoms with Crippen molar-refractivity contribution in [3.8, 4) is 0 Å². The summed E-state index contributed by atoms with van der Waals surface area (Å²) in [5, 5.41) is 3.36. The highest BCUT2D eigenvalue weighted by Gasteiger charge is 2.26. The number of nitrogens with one attached hydrogen (secondary N) is 2. The summed E-state index contributed by atoms with van der Waals surface area (Å²) in [4.78, 5) is 43.9. The number of carbonyl (C=O) groups excluding carboxylic acids is 3. The number of aromatic nitrogens is 1. The summed E-state index contributed by atoms with van der Waals surface area (Å²) in [5.74, 6) is -1.14. The molecule has 160 valence electrons. The predicted octanol–water partition coefficient (Wildman–Crippen LogP) is 3.01. The van der Waals surface area contributed by atoms with Crippen LogP contribution in [0.2, 0.25) is 0 Å². The van der Waals surface area contributed by atoms with Crippen LogP contribution in [0.3, 0.4) is 0 Å². The van der Waals surface area contributed by atoms with Crippen LogP contribution in [0, 0.1) is 5.82 Å². The minimum atomic E-state index is -0.516. The Morgan fingerprint density at radius 1 is 0.903 bits per heavy atom. The van der Waals surface area contributed by atoms with E-state index in [1.54, 1.807) is 22.1 Å². The van der Waals surface area contributed by atoms with Crippen molar-refractivity contribution < 1.29 is 18.8 Å². The number of anilines is 1. The van der Waals surface area contributed by atoms with E-state index in [2.05, 4.69) is 10.3 Å². The SMILES string of the molecule is O=C(CCC(=O)N1CCN(C(=O)c2c[nH]c3ccccc23)CC1)Nc1ccccc1F. The Balaban J connectivity index is 1.26. The molecule has 4 rings (SSSR count). The van der Waals surface area contributed by atoms with Crippen LogP contribution in [0.15, 0.2) is 54.7 Å². The van der Waals surface area contributed by atoms with E-state index < -0.39 is 11.7 Å². The Morgan fingerprint density at radius 3 is 2.35 bits per heavy atom. The van der Waals surface area contributed by atoms with E-state index in [9.17, 15) is 18.8 Å². The minimum Gasteiger partial charge on any atom is -0.360 e. The van der Waals surface area contributed by atoms with Crippen LogP contribution >= 0.6 is 0 Å². The van der Waals surface area contributed by atoms with Gasteiger partial charge in [0.05, 0.1) is 11.3 Å². The van der Waals surface area contributed by atoms with E-state index in [1.165, 1.54) is 18.2 Å². The molecule has 1 fully saturated rings. The number of nitrogens with zero attached hydrogens (tertiary/aromatic N) is 2. The lowest BCUT2D eigenvalue weighted by Gasteiger charge is -2.34. The lowest BCUT2D eigenvalue weighted by molar-refractivity contribution is -0.134. The van der Waals surface area contributed by atoms with Crippen molar-refractivity contribution in [1.29, 1.82) is 0 Å². The van der Waals surface area contributed by atoms with Gasteiger partial charge in [-0.15, -0.1) is 0 Å². The highest BCUT2D eigenvalue weighted by atomic mass is 19.1. The molecule has 8 heteroatoms. The highest BCUT2D eigenvalue weighted by Crippen LogP contribution is 2.20. The van der Waals surface area contributed by atoms with Gasteiger partial charge in [-0.2, -0.15) is 0 Å². The smallest absolute Gasteiger partial charge is 0.256 e. The van der Waals surface area contributed by atoms with E-state index in [-0.39, 0.29) is 30.3 Å². The number of aromatic amines is 1. The Kier molecular flexibility index (Phi) is 5.97. The number of carbonyl (C=O) groups is 3. The fraction of sp³-hybridized carbons (Fsp3) is 0.261. The summed E-state index contributed by atoms with van der Waals surface area (Å²) in [6.07, 6.45) is 1.73. The Labute approximate surface area is 178 Å². The number of halogens is 1. The van der Waals surface area contributed by atoms with E-state index >= 15 is 0 Å². The average Bonchev–Trinajstić information content (AvgIpc) is 3.23. The third-order valence-corrected chi connectivity index (χ3v) is 5.45. The molecule has 0 spiro atoms. The van der Waals surface area contributed by atoms with Gasteiger partial charge in [0.2, 0.25) is 11.8 Å². The number of para-hydroxylation sites is 2. The Bertz CT molecular complexity index is 1120. The Morgan fingerprint density at radius 2 is 1.58 bits per heavy atom. The molecule has 2 heterocycles. The largest absolute Gasteiger partial charge is 0.360 e. The molecule has 0 bridgehead atoms. The number of hydrogen-bond donors (Lipinski definition) is 2. The lowest BCUT2D eigenvalue weighted by Crippen LogP contribution is -2.50. The van der Waals surface area contributed by atoms with Crippen molar-refractivity contribution >= 4 is 34.3 Å². The van der Waals surface area contributed by atoms with Gasteiger partial charge in [0.1, 0.15) is 5.82 Å². The molecule has 0 saturated carbocycles. The number of rotatable bonds is 5. The quantitative estimate of drug-likeness (QED) is 0.663. The molecule has 1 aliphatic heterocycles. The molecule has 0 radical (unpaired) electrons. The van der Waals surface area contributed by atoms with Crippen molar-refractivity contribution in [2.24, 2.45) is 0 Å². The zero-order chi connectivity index (χ0) is 21.8. The van der Waals surface area contributed by atoms with Gasteiger partial charge in [0, 0.05) is 56.1 Å². The second kappa shape index (κ2) is 8.99. The van der Waals surface area contributed by atoms with Gasteiger partial charge in [0.25, 0.3) is 5.91 Å². The van der Waals surface area contributed by atoms with Crippen LogP contribution in [0.25, 0.3) is 10.9 Å². The molecular formula is C23H23FN4O3. The Hall–Kier alpha value is -3.68. The van der Waals surface area contributed by atoms with Crippen LogP contribution in [0.5, 0.6) is 0 Å². The standard InChI is InChI=1S/C23H23FN4O3/c24-18-6-2-4-8-20(18)26-21(29)9-10-22(30)27-11-13-28(14-12-27)23(31)17-15-25-19-7-3-1-5-16(17)19/h1-8,15,25H,9-14H2,(H,26,29). The van der Waals surface area contributed by atoms with E-state index in [4.69, 9.17) is 0 Å². The van der Waals surface area contributed by atoms with Gasteiger partial charge in [-0.25, -0.2) is 4.39 Å².